The molecule has 0 aliphatic heterocycles. The van der Waals surface area contributed by atoms with Crippen molar-refractivity contribution in [1.29, 1.82) is 0 Å². The topological polar surface area (TPSA) is 0 Å². The second-order valence-corrected chi connectivity index (χ2v) is 3.73. The highest BCUT2D eigenvalue weighted by Gasteiger charge is 1.92. The molecule has 0 radical (unpaired) electrons. The van der Waals surface area contributed by atoms with Gasteiger partial charge in [-0.3, -0.25) is 0 Å². The molecule has 0 fully saturated rings. The monoisotopic (exact) mass is 182 g/mol. The maximum Gasteiger partial charge on any atom is 0.0381 e. The van der Waals surface area contributed by atoms with Gasteiger partial charge < -0.3 is 0 Å². The Kier molecular flexibility index (Phi) is 3.55. The maximum atomic E-state index is 4.08. The van der Waals surface area contributed by atoms with Crippen molar-refractivity contribution in [2.45, 2.75) is 13.3 Å². The van der Waals surface area contributed by atoms with E-state index in [0.717, 1.165) is 17.7 Å². The molecule has 1 aromatic heterocycles. The highest BCUT2D eigenvalue weighted by atomic mass is 32.1. The van der Waals surface area contributed by atoms with Crippen LogP contribution >= 0.6 is 24.0 Å². The first kappa shape index (κ1) is 8.70. The van der Waals surface area contributed by atoms with E-state index in [2.05, 4.69) is 42.8 Å². The maximum absolute atomic E-state index is 4.08. The van der Waals surface area contributed by atoms with Crippen LogP contribution in [0.15, 0.2) is 11.4 Å². The highest BCUT2D eigenvalue weighted by Crippen LogP contribution is 2.13. The summed E-state index contributed by atoms with van der Waals surface area (Å²) in [5.41, 5.74) is 1.16. The average molecular weight is 182 g/mol. The Morgan fingerprint density at radius 3 is 3.00 bits per heavy atom. The lowest BCUT2D eigenvalue weighted by Gasteiger charge is -1.83. The number of rotatable bonds is 1. The fourth-order valence-electron chi connectivity index (χ4n) is 0.728. The molecule has 1 heterocycles. The molecular formula is C9H10S2. The van der Waals surface area contributed by atoms with Crippen molar-refractivity contribution in [3.8, 4) is 11.8 Å². The number of thiophene rings is 1. The third-order valence-corrected chi connectivity index (χ3v) is 2.39. The Bertz CT molecular complexity index is 275. The van der Waals surface area contributed by atoms with Gasteiger partial charge in [0.2, 0.25) is 0 Å². The molecule has 1 aromatic rings. The van der Waals surface area contributed by atoms with E-state index in [4.69, 9.17) is 0 Å². The lowest BCUT2D eigenvalue weighted by Crippen LogP contribution is -1.72. The molecule has 0 aliphatic rings. The van der Waals surface area contributed by atoms with Gasteiger partial charge in [0.15, 0.2) is 0 Å². The van der Waals surface area contributed by atoms with E-state index < -0.39 is 0 Å². The van der Waals surface area contributed by atoms with Gasteiger partial charge in [0.1, 0.15) is 0 Å². The van der Waals surface area contributed by atoms with Crippen LogP contribution in [0.25, 0.3) is 0 Å². The van der Waals surface area contributed by atoms with E-state index in [9.17, 15) is 0 Å². The summed E-state index contributed by atoms with van der Waals surface area (Å²) < 4.78 is 0. The Morgan fingerprint density at radius 2 is 2.45 bits per heavy atom. The van der Waals surface area contributed by atoms with Crippen LogP contribution in [-0.4, -0.2) is 5.75 Å². The zero-order valence-electron chi connectivity index (χ0n) is 6.42. The molecule has 0 N–H and O–H groups in total. The molecule has 0 nitrogen and oxygen atoms in total. The predicted octanol–water partition coefficient (Wildman–Crippen LogP) is 2.73. The Morgan fingerprint density at radius 1 is 1.64 bits per heavy atom. The second kappa shape index (κ2) is 4.48. The lowest BCUT2D eigenvalue weighted by atomic mass is 10.3. The zero-order chi connectivity index (χ0) is 8.10. The van der Waals surface area contributed by atoms with E-state index >= 15 is 0 Å². The quantitative estimate of drug-likeness (QED) is 0.501. The Hall–Kier alpha value is -0.390. The molecule has 2 heteroatoms. The van der Waals surface area contributed by atoms with Crippen molar-refractivity contribution in [3.05, 3.63) is 21.9 Å². The number of thiol groups is 1. The van der Waals surface area contributed by atoms with Crippen molar-refractivity contribution in [2.24, 2.45) is 0 Å². The summed E-state index contributed by atoms with van der Waals surface area (Å²) in [7, 11) is 0. The van der Waals surface area contributed by atoms with Crippen LogP contribution in [0.4, 0.5) is 0 Å². The fourth-order valence-corrected chi connectivity index (χ4v) is 1.49. The van der Waals surface area contributed by atoms with Crippen molar-refractivity contribution >= 4 is 24.0 Å². The SMILES string of the molecule is Cc1sccc1C#CCCS. The molecular weight excluding hydrogens is 172 g/mol. The van der Waals surface area contributed by atoms with Gasteiger partial charge in [-0.2, -0.15) is 12.6 Å². The number of hydrogen-bond acceptors (Lipinski definition) is 2. The van der Waals surface area contributed by atoms with E-state index in [0.29, 0.717) is 0 Å². The average Bonchev–Trinajstić information content (AvgIpc) is 2.37. The summed E-state index contributed by atoms with van der Waals surface area (Å²) in [5, 5.41) is 2.07. The summed E-state index contributed by atoms with van der Waals surface area (Å²) in [4.78, 5) is 1.30. The van der Waals surface area contributed by atoms with E-state index in [1.54, 1.807) is 11.3 Å². The first-order valence-corrected chi connectivity index (χ1v) is 4.99. The standard InChI is InChI=1S/C9H10S2/c1-8-9(5-7-11-8)4-2-3-6-10/h5,7,10H,3,6H2,1H3. The third-order valence-electron chi connectivity index (χ3n) is 1.32. The third kappa shape index (κ3) is 2.61. The molecule has 0 unspecified atom stereocenters. The van der Waals surface area contributed by atoms with Crippen LogP contribution < -0.4 is 0 Å². The highest BCUT2D eigenvalue weighted by molar-refractivity contribution is 7.80. The molecule has 11 heavy (non-hydrogen) atoms. The van der Waals surface area contributed by atoms with Crippen LogP contribution in [0, 0.1) is 18.8 Å². The molecule has 0 atom stereocenters. The predicted molar refractivity (Wildman–Crippen MR) is 54.4 cm³/mol. The van der Waals surface area contributed by atoms with Gasteiger partial charge in [-0.1, -0.05) is 11.8 Å². The van der Waals surface area contributed by atoms with Crippen molar-refractivity contribution in [2.75, 3.05) is 5.75 Å². The van der Waals surface area contributed by atoms with Gasteiger partial charge in [0.05, 0.1) is 0 Å². The van der Waals surface area contributed by atoms with Crippen LogP contribution in [0.1, 0.15) is 16.9 Å². The van der Waals surface area contributed by atoms with Gasteiger partial charge in [0.25, 0.3) is 0 Å². The van der Waals surface area contributed by atoms with Crippen molar-refractivity contribution in [1.82, 2.24) is 0 Å². The first-order chi connectivity index (χ1) is 5.34. The summed E-state index contributed by atoms with van der Waals surface area (Å²) in [6.45, 7) is 2.09. The minimum atomic E-state index is 0.843. The largest absolute Gasteiger partial charge is 0.178 e. The van der Waals surface area contributed by atoms with Gasteiger partial charge in [-0.15, -0.1) is 11.3 Å². The van der Waals surface area contributed by atoms with Crippen LogP contribution in [0.5, 0.6) is 0 Å². The molecule has 0 bridgehead atoms. The fraction of sp³-hybridized carbons (Fsp3) is 0.333. The van der Waals surface area contributed by atoms with Gasteiger partial charge in [-0.05, 0) is 18.4 Å². The van der Waals surface area contributed by atoms with E-state index in [1.165, 1.54) is 4.88 Å². The Labute approximate surface area is 77.1 Å². The summed E-state index contributed by atoms with van der Waals surface area (Å²) in [5.74, 6) is 7.01. The molecule has 0 aliphatic carbocycles. The van der Waals surface area contributed by atoms with Gasteiger partial charge in [0, 0.05) is 22.6 Å². The minimum Gasteiger partial charge on any atom is -0.178 e. The number of hydrogen-bond donors (Lipinski definition) is 1. The summed E-state index contributed by atoms with van der Waals surface area (Å²) in [6, 6.07) is 2.06. The first-order valence-electron chi connectivity index (χ1n) is 3.48. The molecule has 0 saturated heterocycles. The summed E-state index contributed by atoms with van der Waals surface area (Å²) in [6.07, 6.45) is 0.873. The van der Waals surface area contributed by atoms with Crippen LogP contribution in [0.2, 0.25) is 0 Å². The van der Waals surface area contributed by atoms with Crippen molar-refractivity contribution in [3.63, 3.8) is 0 Å². The van der Waals surface area contributed by atoms with Crippen molar-refractivity contribution < 1.29 is 0 Å². The molecule has 1 rings (SSSR count). The molecule has 0 amide bonds. The zero-order valence-corrected chi connectivity index (χ0v) is 8.14. The minimum absolute atomic E-state index is 0.843. The number of aryl methyl sites for hydroxylation is 1. The van der Waals surface area contributed by atoms with E-state index in [1.807, 2.05) is 0 Å². The lowest BCUT2D eigenvalue weighted by molar-refractivity contribution is 1.31. The Balaban J connectivity index is 2.65. The molecule has 0 spiro atoms. The van der Waals surface area contributed by atoms with E-state index in [-0.39, 0.29) is 0 Å². The van der Waals surface area contributed by atoms with Crippen LogP contribution in [-0.2, 0) is 0 Å². The van der Waals surface area contributed by atoms with Gasteiger partial charge >= 0.3 is 0 Å². The molecule has 0 aromatic carbocycles. The molecule has 58 valence electrons. The van der Waals surface area contributed by atoms with Crippen LogP contribution in [0.3, 0.4) is 0 Å². The second-order valence-electron chi connectivity index (χ2n) is 2.17. The normalized spacial score (nSPS) is 8.91. The summed E-state index contributed by atoms with van der Waals surface area (Å²) >= 11 is 5.82. The van der Waals surface area contributed by atoms with Gasteiger partial charge in [-0.25, -0.2) is 0 Å². The molecule has 0 saturated carbocycles. The smallest absolute Gasteiger partial charge is 0.0381 e.